The van der Waals surface area contributed by atoms with Gasteiger partial charge in [-0.2, -0.15) is 0 Å². The smallest absolute Gasteiger partial charge is 0.228 e. The van der Waals surface area contributed by atoms with Gasteiger partial charge in [-0.3, -0.25) is 4.79 Å². The summed E-state index contributed by atoms with van der Waals surface area (Å²) in [5, 5.41) is 12.2. The van der Waals surface area contributed by atoms with Gasteiger partial charge >= 0.3 is 0 Å². The summed E-state index contributed by atoms with van der Waals surface area (Å²) in [7, 11) is 0. The summed E-state index contributed by atoms with van der Waals surface area (Å²) in [6, 6.07) is 7.80. The molecule has 0 aliphatic carbocycles. The number of carbonyl (C=O) groups excluding carboxylic acids is 1. The van der Waals surface area contributed by atoms with Crippen LogP contribution in [0.5, 0.6) is 5.75 Å². The number of nitrogens with zero attached hydrogens (tertiary/aromatic N) is 2. The fourth-order valence-corrected chi connectivity index (χ4v) is 3.82. The van der Waals surface area contributed by atoms with E-state index in [9.17, 15) is 9.90 Å². The zero-order valence-corrected chi connectivity index (χ0v) is 14.6. The summed E-state index contributed by atoms with van der Waals surface area (Å²) in [6.07, 6.45) is 2.15. The Balaban J connectivity index is 1.66. The molecule has 1 aliphatic heterocycles. The molecule has 2 aromatic rings. The number of hydrogen-bond acceptors (Lipinski definition) is 5. The first kappa shape index (κ1) is 16.9. The molecule has 24 heavy (non-hydrogen) atoms. The molecule has 1 aromatic heterocycles. The van der Waals surface area contributed by atoms with Gasteiger partial charge in [0.25, 0.3) is 0 Å². The Hall–Kier alpha value is -1.92. The SMILES string of the molecule is CCOc1ccc(-c2nc(CC(=O)N3CCC[C@@H]3CO)cs2)cc1. The van der Waals surface area contributed by atoms with Gasteiger partial charge < -0.3 is 14.7 Å². The number of carbonyl (C=O) groups is 1. The monoisotopic (exact) mass is 346 g/mol. The summed E-state index contributed by atoms with van der Waals surface area (Å²) in [6.45, 7) is 3.38. The minimum atomic E-state index is -0.0262. The van der Waals surface area contributed by atoms with Gasteiger partial charge in [-0.05, 0) is 44.0 Å². The van der Waals surface area contributed by atoms with E-state index in [2.05, 4.69) is 4.98 Å². The number of aliphatic hydroxyl groups excluding tert-OH is 1. The molecule has 0 spiro atoms. The number of hydrogen-bond donors (Lipinski definition) is 1. The number of aliphatic hydroxyl groups is 1. The van der Waals surface area contributed by atoms with E-state index < -0.39 is 0 Å². The lowest BCUT2D eigenvalue weighted by atomic mass is 10.2. The molecule has 1 aliphatic rings. The van der Waals surface area contributed by atoms with Crippen molar-refractivity contribution in [2.24, 2.45) is 0 Å². The highest BCUT2D eigenvalue weighted by molar-refractivity contribution is 7.13. The molecular weight excluding hydrogens is 324 g/mol. The predicted molar refractivity (Wildman–Crippen MR) is 94.2 cm³/mol. The quantitative estimate of drug-likeness (QED) is 0.874. The highest BCUT2D eigenvalue weighted by atomic mass is 32.1. The Morgan fingerprint density at radius 1 is 1.42 bits per heavy atom. The Labute approximate surface area is 145 Å². The molecule has 1 atom stereocenters. The van der Waals surface area contributed by atoms with E-state index in [1.54, 1.807) is 16.2 Å². The van der Waals surface area contributed by atoms with Crippen LogP contribution in [0.15, 0.2) is 29.6 Å². The Kier molecular flexibility index (Phi) is 5.48. The van der Waals surface area contributed by atoms with Gasteiger partial charge in [0.2, 0.25) is 5.91 Å². The number of aromatic nitrogens is 1. The fourth-order valence-electron chi connectivity index (χ4n) is 2.99. The third kappa shape index (κ3) is 3.76. The van der Waals surface area contributed by atoms with Crippen LogP contribution in [0.1, 0.15) is 25.5 Å². The molecule has 1 fully saturated rings. The highest BCUT2D eigenvalue weighted by Gasteiger charge is 2.28. The van der Waals surface area contributed by atoms with E-state index in [1.807, 2.05) is 36.6 Å². The molecule has 128 valence electrons. The average molecular weight is 346 g/mol. The van der Waals surface area contributed by atoms with E-state index in [1.165, 1.54) is 0 Å². The molecule has 3 rings (SSSR count). The van der Waals surface area contributed by atoms with E-state index in [-0.39, 0.29) is 18.6 Å². The molecule has 1 aromatic carbocycles. The fraction of sp³-hybridized carbons (Fsp3) is 0.444. The average Bonchev–Trinajstić information content (AvgIpc) is 3.24. The van der Waals surface area contributed by atoms with E-state index in [0.29, 0.717) is 13.0 Å². The molecule has 1 N–H and O–H groups in total. The zero-order chi connectivity index (χ0) is 16.9. The van der Waals surface area contributed by atoms with Crippen LogP contribution in [0.2, 0.25) is 0 Å². The van der Waals surface area contributed by atoms with Crippen molar-refractivity contribution in [1.29, 1.82) is 0 Å². The van der Waals surface area contributed by atoms with Crippen molar-refractivity contribution in [1.82, 2.24) is 9.88 Å². The van der Waals surface area contributed by atoms with Crippen molar-refractivity contribution < 1.29 is 14.6 Å². The molecule has 1 amide bonds. The Bertz CT molecular complexity index is 684. The van der Waals surface area contributed by atoms with Crippen LogP contribution in [0.25, 0.3) is 10.6 Å². The third-order valence-corrected chi connectivity index (χ3v) is 5.14. The van der Waals surface area contributed by atoms with Crippen molar-refractivity contribution in [3.05, 3.63) is 35.3 Å². The highest BCUT2D eigenvalue weighted by Crippen LogP contribution is 2.26. The first-order chi connectivity index (χ1) is 11.7. The molecule has 0 bridgehead atoms. The maximum atomic E-state index is 12.4. The van der Waals surface area contributed by atoms with Gasteiger partial charge in [-0.1, -0.05) is 0 Å². The van der Waals surface area contributed by atoms with Crippen molar-refractivity contribution in [2.75, 3.05) is 19.8 Å². The van der Waals surface area contributed by atoms with Crippen molar-refractivity contribution in [3.8, 4) is 16.3 Å². The second-order valence-electron chi connectivity index (χ2n) is 5.84. The van der Waals surface area contributed by atoms with Gasteiger partial charge in [-0.25, -0.2) is 4.98 Å². The summed E-state index contributed by atoms with van der Waals surface area (Å²) in [4.78, 5) is 18.8. The third-order valence-electron chi connectivity index (χ3n) is 4.20. The Morgan fingerprint density at radius 3 is 2.92 bits per heavy atom. The number of rotatable bonds is 6. The van der Waals surface area contributed by atoms with Gasteiger partial charge in [0, 0.05) is 17.5 Å². The second kappa shape index (κ2) is 7.77. The molecule has 6 heteroatoms. The molecule has 0 saturated carbocycles. The summed E-state index contributed by atoms with van der Waals surface area (Å²) in [5.41, 5.74) is 1.81. The number of likely N-dealkylation sites (tertiary alicyclic amines) is 1. The van der Waals surface area contributed by atoms with Crippen LogP contribution in [0, 0.1) is 0 Å². The molecule has 2 heterocycles. The molecule has 1 saturated heterocycles. The Morgan fingerprint density at radius 2 is 2.21 bits per heavy atom. The maximum Gasteiger partial charge on any atom is 0.228 e. The van der Waals surface area contributed by atoms with Gasteiger partial charge in [-0.15, -0.1) is 11.3 Å². The summed E-state index contributed by atoms with van der Waals surface area (Å²) in [5.74, 6) is 0.896. The minimum Gasteiger partial charge on any atom is -0.494 e. The van der Waals surface area contributed by atoms with E-state index in [4.69, 9.17) is 4.74 Å². The number of benzene rings is 1. The predicted octanol–water partition coefficient (Wildman–Crippen LogP) is 2.73. The number of ether oxygens (including phenoxy) is 1. The van der Waals surface area contributed by atoms with Crippen LogP contribution < -0.4 is 4.74 Å². The summed E-state index contributed by atoms with van der Waals surface area (Å²) >= 11 is 1.54. The lowest BCUT2D eigenvalue weighted by molar-refractivity contribution is -0.132. The van der Waals surface area contributed by atoms with Crippen molar-refractivity contribution in [2.45, 2.75) is 32.2 Å². The van der Waals surface area contributed by atoms with Crippen LogP contribution in [0.4, 0.5) is 0 Å². The van der Waals surface area contributed by atoms with Gasteiger partial charge in [0.15, 0.2) is 0 Å². The van der Waals surface area contributed by atoms with Crippen LogP contribution in [0.3, 0.4) is 0 Å². The first-order valence-electron chi connectivity index (χ1n) is 8.29. The van der Waals surface area contributed by atoms with E-state index in [0.717, 1.165) is 41.4 Å². The van der Waals surface area contributed by atoms with Crippen molar-refractivity contribution in [3.63, 3.8) is 0 Å². The molecular formula is C18H22N2O3S. The topological polar surface area (TPSA) is 62.7 Å². The maximum absolute atomic E-state index is 12.4. The minimum absolute atomic E-state index is 0.0262. The van der Waals surface area contributed by atoms with E-state index >= 15 is 0 Å². The lowest BCUT2D eigenvalue weighted by Gasteiger charge is -2.22. The van der Waals surface area contributed by atoms with Crippen molar-refractivity contribution >= 4 is 17.2 Å². The zero-order valence-electron chi connectivity index (χ0n) is 13.8. The van der Waals surface area contributed by atoms with Gasteiger partial charge in [0.05, 0.1) is 31.4 Å². The standard InChI is InChI=1S/C18H22N2O3S/c1-2-23-16-7-5-13(6-8-16)18-19-14(12-24-18)10-17(22)20-9-3-4-15(20)11-21/h5-8,12,15,21H,2-4,9-11H2,1H3/t15-/m1/s1. The van der Waals surface area contributed by atoms with Gasteiger partial charge in [0.1, 0.15) is 10.8 Å². The normalized spacial score (nSPS) is 17.2. The first-order valence-corrected chi connectivity index (χ1v) is 9.17. The second-order valence-corrected chi connectivity index (χ2v) is 6.70. The molecule has 0 unspecified atom stereocenters. The van der Waals surface area contributed by atoms with Crippen LogP contribution in [-0.4, -0.2) is 46.7 Å². The van der Waals surface area contributed by atoms with Crippen LogP contribution in [-0.2, 0) is 11.2 Å². The largest absolute Gasteiger partial charge is 0.494 e. The number of amides is 1. The van der Waals surface area contributed by atoms with Crippen LogP contribution >= 0.6 is 11.3 Å². The molecule has 0 radical (unpaired) electrons. The summed E-state index contributed by atoms with van der Waals surface area (Å²) < 4.78 is 5.44. The lowest BCUT2D eigenvalue weighted by Crippen LogP contribution is -2.38. The molecule has 5 nitrogen and oxygen atoms in total. The number of thiazole rings is 1.